The first-order valence-electron chi connectivity index (χ1n) is 6.94. The van der Waals surface area contributed by atoms with Gasteiger partial charge in [-0.05, 0) is 29.8 Å². The smallest absolute Gasteiger partial charge is 0.193 e. The highest BCUT2D eigenvalue weighted by molar-refractivity contribution is 14.0. The van der Waals surface area contributed by atoms with E-state index in [2.05, 4.69) is 16.4 Å². The number of ether oxygens (including phenoxy) is 2. The SMILES string of the molecule is COc1ccc(NC(N)=NCc2ccc(C#N)cc2)cc1OC.I. The van der Waals surface area contributed by atoms with Crippen LogP contribution in [0.15, 0.2) is 47.5 Å². The second-order valence-corrected chi connectivity index (χ2v) is 4.70. The van der Waals surface area contributed by atoms with Crippen LogP contribution in [0.25, 0.3) is 0 Å². The van der Waals surface area contributed by atoms with Crippen molar-refractivity contribution in [2.45, 2.75) is 6.54 Å². The molecule has 3 N–H and O–H groups in total. The molecule has 0 aromatic heterocycles. The summed E-state index contributed by atoms with van der Waals surface area (Å²) in [7, 11) is 3.16. The van der Waals surface area contributed by atoms with Gasteiger partial charge in [0.2, 0.25) is 0 Å². The summed E-state index contributed by atoms with van der Waals surface area (Å²) in [5.74, 6) is 1.55. The molecular formula is C17H19IN4O2. The molecule has 2 aromatic rings. The molecule has 6 nitrogen and oxygen atoms in total. The maximum absolute atomic E-state index is 8.76. The number of halogens is 1. The van der Waals surface area contributed by atoms with Gasteiger partial charge in [-0.1, -0.05) is 12.1 Å². The third-order valence-corrected chi connectivity index (χ3v) is 3.17. The van der Waals surface area contributed by atoms with Crippen LogP contribution in [0.3, 0.4) is 0 Å². The van der Waals surface area contributed by atoms with E-state index in [1.165, 1.54) is 0 Å². The summed E-state index contributed by atoms with van der Waals surface area (Å²) in [6, 6.07) is 14.7. The third-order valence-electron chi connectivity index (χ3n) is 3.17. The van der Waals surface area contributed by atoms with Gasteiger partial charge >= 0.3 is 0 Å². The second-order valence-electron chi connectivity index (χ2n) is 4.70. The molecule has 0 spiro atoms. The molecule has 0 saturated carbocycles. The zero-order chi connectivity index (χ0) is 16.7. The predicted molar refractivity (Wildman–Crippen MR) is 105 cm³/mol. The van der Waals surface area contributed by atoms with E-state index in [-0.39, 0.29) is 24.0 Å². The quantitative estimate of drug-likeness (QED) is 0.425. The fraction of sp³-hybridized carbons (Fsp3) is 0.176. The molecule has 0 amide bonds. The van der Waals surface area contributed by atoms with Crippen molar-refractivity contribution in [2.24, 2.45) is 10.7 Å². The Morgan fingerprint density at radius 2 is 1.79 bits per heavy atom. The van der Waals surface area contributed by atoms with Crippen LogP contribution in [0.2, 0.25) is 0 Å². The average Bonchev–Trinajstić information content (AvgIpc) is 2.60. The van der Waals surface area contributed by atoms with Crippen molar-refractivity contribution in [2.75, 3.05) is 19.5 Å². The minimum atomic E-state index is 0. The van der Waals surface area contributed by atoms with Crippen molar-refractivity contribution in [3.63, 3.8) is 0 Å². The number of methoxy groups -OCH3 is 2. The molecule has 0 radical (unpaired) electrons. The molecule has 0 fully saturated rings. The maximum atomic E-state index is 8.76. The first-order valence-corrected chi connectivity index (χ1v) is 6.94. The molecule has 7 heteroatoms. The van der Waals surface area contributed by atoms with E-state index < -0.39 is 0 Å². The number of hydrogen-bond acceptors (Lipinski definition) is 4. The Balaban J connectivity index is 0.00000288. The highest BCUT2D eigenvalue weighted by Crippen LogP contribution is 2.29. The van der Waals surface area contributed by atoms with Crippen molar-refractivity contribution in [1.82, 2.24) is 0 Å². The summed E-state index contributed by atoms with van der Waals surface area (Å²) in [5, 5.41) is 11.8. The van der Waals surface area contributed by atoms with Crippen LogP contribution >= 0.6 is 24.0 Å². The molecule has 24 heavy (non-hydrogen) atoms. The maximum Gasteiger partial charge on any atom is 0.193 e. The molecule has 0 aliphatic heterocycles. The van der Waals surface area contributed by atoms with E-state index in [4.69, 9.17) is 20.5 Å². The Kier molecular flexibility index (Phi) is 7.85. The molecule has 2 aromatic carbocycles. The number of nitrogens with one attached hydrogen (secondary N) is 1. The molecule has 0 unspecified atom stereocenters. The van der Waals surface area contributed by atoms with Crippen molar-refractivity contribution < 1.29 is 9.47 Å². The number of nitriles is 1. The zero-order valence-electron chi connectivity index (χ0n) is 13.4. The van der Waals surface area contributed by atoms with Gasteiger partial charge in [0.25, 0.3) is 0 Å². The number of benzene rings is 2. The number of guanidine groups is 1. The second kappa shape index (κ2) is 9.62. The minimum Gasteiger partial charge on any atom is -0.493 e. The first-order chi connectivity index (χ1) is 11.2. The Morgan fingerprint density at radius 1 is 1.12 bits per heavy atom. The van der Waals surface area contributed by atoms with Gasteiger partial charge in [0.1, 0.15) is 0 Å². The number of nitrogens with two attached hydrogens (primary N) is 1. The van der Waals surface area contributed by atoms with Gasteiger partial charge in [0.15, 0.2) is 17.5 Å². The lowest BCUT2D eigenvalue weighted by Crippen LogP contribution is -2.22. The summed E-state index contributed by atoms with van der Waals surface area (Å²) in [6.45, 7) is 0.428. The molecule has 0 saturated heterocycles. The number of nitrogens with zero attached hydrogens (tertiary/aromatic N) is 2. The monoisotopic (exact) mass is 438 g/mol. The van der Waals surface area contributed by atoms with E-state index in [0.717, 1.165) is 11.3 Å². The van der Waals surface area contributed by atoms with Gasteiger partial charge in [0.05, 0.1) is 32.4 Å². The number of rotatable bonds is 5. The van der Waals surface area contributed by atoms with Crippen LogP contribution < -0.4 is 20.5 Å². The van der Waals surface area contributed by atoms with Crippen LogP contribution in [0.5, 0.6) is 11.5 Å². The molecule has 0 heterocycles. The van der Waals surface area contributed by atoms with Crippen LogP contribution in [-0.2, 0) is 6.54 Å². The Labute approximate surface area is 158 Å². The van der Waals surface area contributed by atoms with Crippen LogP contribution in [0.4, 0.5) is 5.69 Å². The Morgan fingerprint density at radius 3 is 2.38 bits per heavy atom. The number of aliphatic imine (C=N–C) groups is 1. The van der Waals surface area contributed by atoms with E-state index in [0.29, 0.717) is 29.6 Å². The van der Waals surface area contributed by atoms with Gasteiger partial charge in [-0.15, -0.1) is 24.0 Å². The van der Waals surface area contributed by atoms with Gasteiger partial charge in [-0.2, -0.15) is 5.26 Å². The standard InChI is InChI=1S/C17H18N4O2.HI/c1-22-15-8-7-14(9-16(15)23-2)21-17(19)20-11-13-5-3-12(10-18)4-6-13;/h3-9H,11H2,1-2H3,(H3,19,20,21);1H. The van der Waals surface area contributed by atoms with Gasteiger partial charge in [-0.3, -0.25) is 0 Å². The van der Waals surface area contributed by atoms with E-state index in [1.54, 1.807) is 38.5 Å². The lowest BCUT2D eigenvalue weighted by Gasteiger charge is -2.11. The summed E-state index contributed by atoms with van der Waals surface area (Å²) in [5.41, 5.74) is 8.23. The molecular weight excluding hydrogens is 419 g/mol. The highest BCUT2D eigenvalue weighted by atomic mass is 127. The fourth-order valence-corrected chi connectivity index (χ4v) is 1.96. The van der Waals surface area contributed by atoms with Crippen LogP contribution in [0, 0.1) is 11.3 Å². The van der Waals surface area contributed by atoms with Gasteiger partial charge < -0.3 is 20.5 Å². The van der Waals surface area contributed by atoms with Gasteiger partial charge in [0, 0.05) is 11.8 Å². The van der Waals surface area contributed by atoms with Crippen LogP contribution in [-0.4, -0.2) is 20.2 Å². The largest absolute Gasteiger partial charge is 0.493 e. The topological polar surface area (TPSA) is 92.7 Å². The lowest BCUT2D eigenvalue weighted by molar-refractivity contribution is 0.355. The minimum absolute atomic E-state index is 0. The average molecular weight is 438 g/mol. The van der Waals surface area contributed by atoms with Crippen molar-refractivity contribution in [3.05, 3.63) is 53.6 Å². The van der Waals surface area contributed by atoms with E-state index in [1.807, 2.05) is 18.2 Å². The molecule has 0 bridgehead atoms. The molecule has 2 rings (SSSR count). The third kappa shape index (κ3) is 5.31. The summed E-state index contributed by atoms with van der Waals surface area (Å²) < 4.78 is 10.4. The highest BCUT2D eigenvalue weighted by Gasteiger charge is 2.05. The molecule has 126 valence electrons. The van der Waals surface area contributed by atoms with E-state index in [9.17, 15) is 0 Å². The fourth-order valence-electron chi connectivity index (χ4n) is 1.96. The Hall–Kier alpha value is -2.47. The normalized spacial score (nSPS) is 10.3. The predicted octanol–water partition coefficient (Wildman–Crippen LogP) is 3.12. The Bertz CT molecular complexity index is 739. The van der Waals surface area contributed by atoms with Crippen LogP contribution in [0.1, 0.15) is 11.1 Å². The molecule has 0 aliphatic rings. The van der Waals surface area contributed by atoms with E-state index >= 15 is 0 Å². The summed E-state index contributed by atoms with van der Waals surface area (Å²) in [4.78, 5) is 4.27. The zero-order valence-corrected chi connectivity index (χ0v) is 15.8. The summed E-state index contributed by atoms with van der Waals surface area (Å²) >= 11 is 0. The molecule has 0 atom stereocenters. The van der Waals surface area contributed by atoms with Gasteiger partial charge in [-0.25, -0.2) is 4.99 Å². The lowest BCUT2D eigenvalue weighted by atomic mass is 10.1. The number of hydrogen-bond donors (Lipinski definition) is 2. The molecule has 0 aliphatic carbocycles. The van der Waals surface area contributed by atoms with Crippen molar-refractivity contribution >= 4 is 35.6 Å². The van der Waals surface area contributed by atoms with Crippen molar-refractivity contribution in [3.8, 4) is 17.6 Å². The van der Waals surface area contributed by atoms with Crippen molar-refractivity contribution in [1.29, 1.82) is 5.26 Å². The summed E-state index contributed by atoms with van der Waals surface area (Å²) in [6.07, 6.45) is 0. The first kappa shape index (κ1) is 19.6. The number of anilines is 1.